The van der Waals surface area contributed by atoms with Crippen LogP contribution in [0.15, 0.2) is 77.2 Å². The second kappa shape index (κ2) is 10.7. The average Bonchev–Trinajstić information content (AvgIpc) is 3.23. The van der Waals surface area contributed by atoms with Crippen molar-refractivity contribution >= 4 is 28.3 Å². The first-order chi connectivity index (χ1) is 16.6. The van der Waals surface area contributed by atoms with E-state index in [0.29, 0.717) is 52.5 Å². The second-order valence-electron chi connectivity index (χ2n) is 7.77. The van der Waals surface area contributed by atoms with Gasteiger partial charge in [0.1, 0.15) is 17.1 Å². The Bertz CT molecular complexity index is 1290. The van der Waals surface area contributed by atoms with Crippen LogP contribution in [0.2, 0.25) is 0 Å². The van der Waals surface area contributed by atoms with E-state index in [9.17, 15) is 9.59 Å². The fraction of sp³-hybridized carbons (Fsp3) is 0.214. The van der Waals surface area contributed by atoms with Gasteiger partial charge in [0.05, 0.1) is 18.9 Å². The Kier molecular flexibility index (Phi) is 7.28. The normalized spacial score (nSPS) is 10.8. The van der Waals surface area contributed by atoms with Gasteiger partial charge in [0, 0.05) is 16.5 Å². The Morgan fingerprint density at radius 1 is 0.853 bits per heavy atom. The van der Waals surface area contributed by atoms with Crippen LogP contribution in [0.25, 0.3) is 11.0 Å². The molecule has 34 heavy (non-hydrogen) atoms. The highest BCUT2D eigenvalue weighted by molar-refractivity contribution is 6.18. The van der Waals surface area contributed by atoms with E-state index in [2.05, 4.69) is 12.2 Å². The van der Waals surface area contributed by atoms with Crippen LogP contribution in [0.3, 0.4) is 0 Å². The molecule has 1 heterocycles. The Morgan fingerprint density at radius 3 is 2.41 bits per heavy atom. The molecule has 0 aliphatic heterocycles. The summed E-state index contributed by atoms with van der Waals surface area (Å²) in [5, 5.41) is 3.55. The van der Waals surface area contributed by atoms with Crippen LogP contribution in [-0.2, 0) is 0 Å². The van der Waals surface area contributed by atoms with Gasteiger partial charge < -0.3 is 19.2 Å². The van der Waals surface area contributed by atoms with E-state index in [1.165, 1.54) is 0 Å². The maximum Gasteiger partial charge on any atom is 0.255 e. The molecule has 3 aromatic carbocycles. The molecule has 4 rings (SSSR count). The molecular weight excluding hydrogens is 430 g/mol. The van der Waals surface area contributed by atoms with Crippen LogP contribution < -0.4 is 14.8 Å². The number of hydrogen-bond donors (Lipinski definition) is 1. The predicted octanol–water partition coefficient (Wildman–Crippen LogP) is 6.49. The zero-order valence-electron chi connectivity index (χ0n) is 19.3. The average molecular weight is 458 g/mol. The van der Waals surface area contributed by atoms with E-state index >= 15 is 0 Å². The molecule has 4 aromatic rings. The Labute approximate surface area is 198 Å². The van der Waals surface area contributed by atoms with Gasteiger partial charge in [0.15, 0.2) is 5.76 Å². The summed E-state index contributed by atoms with van der Waals surface area (Å²) in [6.07, 6.45) is 1.97. The number of benzene rings is 3. The first-order valence-corrected chi connectivity index (χ1v) is 11.4. The molecule has 0 saturated carbocycles. The van der Waals surface area contributed by atoms with Crippen molar-refractivity contribution in [2.75, 3.05) is 18.5 Å². The smallest absolute Gasteiger partial charge is 0.255 e. The maximum atomic E-state index is 13.3. The minimum absolute atomic E-state index is 0.0778. The van der Waals surface area contributed by atoms with Crippen molar-refractivity contribution in [3.8, 4) is 11.5 Å². The second-order valence-corrected chi connectivity index (χ2v) is 7.77. The zero-order valence-corrected chi connectivity index (χ0v) is 19.3. The van der Waals surface area contributed by atoms with E-state index < -0.39 is 0 Å². The van der Waals surface area contributed by atoms with Gasteiger partial charge in [-0.2, -0.15) is 0 Å². The number of furan rings is 1. The summed E-state index contributed by atoms with van der Waals surface area (Å²) in [6, 6.07) is 21.1. The van der Waals surface area contributed by atoms with Gasteiger partial charge in [-0.15, -0.1) is 0 Å². The van der Waals surface area contributed by atoms with Crippen LogP contribution >= 0.6 is 0 Å². The van der Waals surface area contributed by atoms with E-state index in [0.717, 1.165) is 12.8 Å². The van der Waals surface area contributed by atoms with Gasteiger partial charge in [0.2, 0.25) is 5.78 Å². The van der Waals surface area contributed by atoms with Crippen LogP contribution in [0.4, 0.5) is 5.69 Å². The minimum atomic E-state index is -0.353. The fourth-order valence-electron chi connectivity index (χ4n) is 3.58. The third-order valence-corrected chi connectivity index (χ3v) is 5.33. The molecule has 0 unspecified atom stereocenters. The van der Waals surface area contributed by atoms with Crippen molar-refractivity contribution < 1.29 is 23.5 Å². The number of hydrogen-bond acceptors (Lipinski definition) is 5. The van der Waals surface area contributed by atoms with Gasteiger partial charge >= 0.3 is 0 Å². The molecule has 6 heteroatoms. The first-order valence-electron chi connectivity index (χ1n) is 11.4. The third-order valence-electron chi connectivity index (χ3n) is 5.33. The quantitative estimate of drug-likeness (QED) is 0.217. The molecule has 0 spiro atoms. The lowest BCUT2D eigenvalue weighted by Gasteiger charge is -2.09. The number of amides is 1. The summed E-state index contributed by atoms with van der Waals surface area (Å²) in [7, 11) is 0. The van der Waals surface area contributed by atoms with Gasteiger partial charge in [-0.3, -0.25) is 9.59 Å². The highest BCUT2D eigenvalue weighted by Gasteiger charge is 2.24. The lowest BCUT2D eigenvalue weighted by molar-refractivity contribution is 0.101. The standard InChI is InChI=1S/C28H27NO5/c1-3-5-17-33-22-10-8-9-20(18-22)28(31)29-25-23-11-6-7-12-24(23)34-27(25)26(30)19-13-15-21(16-14-19)32-4-2/h6-16,18H,3-5,17H2,1-2H3,(H,29,31). The van der Waals surface area contributed by atoms with Gasteiger partial charge in [-0.25, -0.2) is 0 Å². The number of anilines is 1. The summed E-state index contributed by atoms with van der Waals surface area (Å²) < 4.78 is 17.1. The van der Waals surface area contributed by atoms with Crippen LogP contribution in [-0.4, -0.2) is 24.9 Å². The summed E-state index contributed by atoms with van der Waals surface area (Å²) >= 11 is 0. The molecule has 1 aromatic heterocycles. The summed E-state index contributed by atoms with van der Waals surface area (Å²) in [4.78, 5) is 26.4. The number of nitrogens with one attached hydrogen (secondary N) is 1. The van der Waals surface area contributed by atoms with Gasteiger partial charge in [-0.1, -0.05) is 31.5 Å². The minimum Gasteiger partial charge on any atom is -0.494 e. The van der Waals surface area contributed by atoms with Crippen molar-refractivity contribution in [1.82, 2.24) is 0 Å². The van der Waals surface area contributed by atoms with E-state index in [-0.39, 0.29) is 17.5 Å². The molecule has 0 aliphatic rings. The number of ketones is 1. The highest BCUT2D eigenvalue weighted by atomic mass is 16.5. The third kappa shape index (κ3) is 5.12. The summed E-state index contributed by atoms with van der Waals surface area (Å²) in [5.74, 6) is 0.704. The summed E-state index contributed by atoms with van der Waals surface area (Å²) in [6.45, 7) is 5.12. The van der Waals surface area contributed by atoms with Gasteiger partial charge in [0.25, 0.3) is 5.91 Å². The van der Waals surface area contributed by atoms with Crippen molar-refractivity contribution in [2.45, 2.75) is 26.7 Å². The maximum absolute atomic E-state index is 13.3. The lowest BCUT2D eigenvalue weighted by atomic mass is 10.1. The molecule has 0 radical (unpaired) electrons. The lowest BCUT2D eigenvalue weighted by Crippen LogP contribution is -2.14. The molecule has 6 nitrogen and oxygen atoms in total. The van der Waals surface area contributed by atoms with E-state index in [4.69, 9.17) is 13.9 Å². The largest absolute Gasteiger partial charge is 0.494 e. The number of ether oxygens (including phenoxy) is 2. The van der Waals surface area contributed by atoms with Crippen molar-refractivity contribution in [1.29, 1.82) is 0 Å². The molecule has 0 fully saturated rings. The molecule has 1 N–H and O–H groups in total. The Balaban J connectivity index is 1.63. The Morgan fingerprint density at radius 2 is 1.65 bits per heavy atom. The van der Waals surface area contributed by atoms with Crippen molar-refractivity contribution in [2.24, 2.45) is 0 Å². The SMILES string of the molecule is CCCCOc1cccc(C(=O)Nc2c(C(=O)c3ccc(OCC)cc3)oc3ccccc23)c1. The molecule has 0 aliphatic carbocycles. The van der Waals surface area contributed by atoms with E-state index in [1.807, 2.05) is 31.2 Å². The van der Waals surface area contributed by atoms with Crippen molar-refractivity contribution in [3.05, 3.63) is 89.7 Å². The number of unbranched alkanes of at least 4 members (excludes halogenated alkanes) is 1. The highest BCUT2D eigenvalue weighted by Crippen LogP contribution is 2.33. The molecule has 0 saturated heterocycles. The Hall–Kier alpha value is -4.06. The first kappa shape index (κ1) is 23.1. The molecule has 174 valence electrons. The van der Waals surface area contributed by atoms with Crippen LogP contribution in [0.5, 0.6) is 11.5 Å². The number of carbonyl (C=O) groups excluding carboxylic acids is 2. The molecule has 0 atom stereocenters. The van der Waals surface area contributed by atoms with Crippen LogP contribution in [0.1, 0.15) is 53.2 Å². The van der Waals surface area contributed by atoms with Gasteiger partial charge in [-0.05, 0) is 67.9 Å². The zero-order chi connectivity index (χ0) is 23.9. The number of para-hydroxylation sites is 1. The number of fused-ring (bicyclic) bond motifs is 1. The molecule has 1 amide bonds. The summed E-state index contributed by atoms with van der Waals surface area (Å²) in [5.41, 5.74) is 1.73. The molecule has 0 bridgehead atoms. The van der Waals surface area contributed by atoms with Crippen molar-refractivity contribution in [3.63, 3.8) is 0 Å². The van der Waals surface area contributed by atoms with E-state index in [1.54, 1.807) is 48.5 Å². The topological polar surface area (TPSA) is 77.8 Å². The molecular formula is C28H27NO5. The van der Waals surface area contributed by atoms with Crippen LogP contribution in [0, 0.1) is 0 Å². The number of carbonyl (C=O) groups is 2. The predicted molar refractivity (Wildman–Crippen MR) is 132 cm³/mol. The fourth-order valence-corrected chi connectivity index (χ4v) is 3.58. The number of rotatable bonds is 10. The monoisotopic (exact) mass is 457 g/mol.